The first-order chi connectivity index (χ1) is 11.0. The maximum Gasteiger partial charge on any atom is 0.205 e. The van der Waals surface area contributed by atoms with Gasteiger partial charge in [-0.15, -0.1) is 10.2 Å². The molecule has 0 radical (unpaired) electrons. The van der Waals surface area contributed by atoms with Gasteiger partial charge < -0.3 is 9.15 Å². The lowest BCUT2D eigenvalue weighted by atomic mass is 9.88. The van der Waals surface area contributed by atoms with Crippen LogP contribution in [0.2, 0.25) is 0 Å². The van der Waals surface area contributed by atoms with Crippen LogP contribution in [0.3, 0.4) is 0 Å². The molecule has 0 N–H and O–H groups in total. The highest BCUT2D eigenvalue weighted by molar-refractivity contribution is 5.66. The number of rotatable bonds is 3. The number of furan rings is 1. The summed E-state index contributed by atoms with van der Waals surface area (Å²) in [5.74, 6) is 3.55. The van der Waals surface area contributed by atoms with Crippen molar-refractivity contribution in [3.8, 4) is 22.9 Å². The Hall–Kier alpha value is -2.63. The number of benzene rings is 1. The Kier molecular flexibility index (Phi) is 3.90. The van der Waals surface area contributed by atoms with Crippen LogP contribution in [0.25, 0.3) is 11.4 Å². The second-order valence-electron chi connectivity index (χ2n) is 6.08. The number of tetrazole rings is 1. The summed E-state index contributed by atoms with van der Waals surface area (Å²) in [6.07, 6.45) is 2.84. The van der Waals surface area contributed by atoms with Crippen molar-refractivity contribution in [1.29, 1.82) is 0 Å². The molecule has 23 heavy (non-hydrogen) atoms. The molecule has 120 valence electrons. The molecular formula is C17H20N4O2. The highest BCUT2D eigenvalue weighted by Crippen LogP contribution is 2.46. The zero-order chi connectivity index (χ0) is 16.4. The van der Waals surface area contributed by atoms with E-state index >= 15 is 0 Å². The minimum absolute atomic E-state index is 0.198. The molecule has 6 heteroatoms. The SMILES string of the molecule is CCC(C)(C)c1ccco1.Cn1nnc(-c2ccc3c(c2)O3)n1. The summed E-state index contributed by atoms with van der Waals surface area (Å²) in [4.78, 5) is 1.43. The summed E-state index contributed by atoms with van der Waals surface area (Å²) < 4.78 is 10.4. The van der Waals surface area contributed by atoms with Crippen LogP contribution >= 0.6 is 0 Å². The molecule has 2 aromatic heterocycles. The maximum absolute atomic E-state index is 5.29. The quantitative estimate of drug-likeness (QED) is 0.536. The third-order valence-electron chi connectivity index (χ3n) is 3.96. The van der Waals surface area contributed by atoms with Gasteiger partial charge in [0.25, 0.3) is 0 Å². The van der Waals surface area contributed by atoms with E-state index in [1.165, 1.54) is 4.80 Å². The van der Waals surface area contributed by atoms with E-state index in [2.05, 4.69) is 36.2 Å². The molecule has 0 spiro atoms. The van der Waals surface area contributed by atoms with Crippen molar-refractivity contribution >= 4 is 0 Å². The molecule has 3 aromatic rings. The Labute approximate surface area is 135 Å². The van der Waals surface area contributed by atoms with Crippen molar-refractivity contribution in [1.82, 2.24) is 20.2 Å². The topological polar surface area (TPSA) is 69.3 Å². The molecule has 1 aromatic carbocycles. The second-order valence-corrected chi connectivity index (χ2v) is 6.08. The van der Waals surface area contributed by atoms with Gasteiger partial charge in [0.05, 0.1) is 13.3 Å². The van der Waals surface area contributed by atoms with Gasteiger partial charge in [0, 0.05) is 11.0 Å². The van der Waals surface area contributed by atoms with E-state index in [1.807, 2.05) is 30.3 Å². The van der Waals surface area contributed by atoms with Crippen molar-refractivity contribution < 1.29 is 9.15 Å². The second kappa shape index (κ2) is 5.87. The first-order valence-electron chi connectivity index (χ1n) is 7.60. The number of ether oxygens (including phenoxy) is 1. The first-order valence-corrected chi connectivity index (χ1v) is 7.60. The van der Waals surface area contributed by atoms with Crippen LogP contribution in [0.1, 0.15) is 33.0 Å². The van der Waals surface area contributed by atoms with E-state index in [-0.39, 0.29) is 5.41 Å². The van der Waals surface area contributed by atoms with Crippen molar-refractivity contribution in [2.75, 3.05) is 0 Å². The van der Waals surface area contributed by atoms with Crippen LogP contribution in [0.15, 0.2) is 41.0 Å². The number of aryl methyl sites for hydroxylation is 1. The lowest BCUT2D eigenvalue weighted by Gasteiger charge is -2.18. The smallest absolute Gasteiger partial charge is 0.205 e. The van der Waals surface area contributed by atoms with Crippen molar-refractivity contribution in [3.05, 3.63) is 42.4 Å². The van der Waals surface area contributed by atoms with E-state index in [0.717, 1.165) is 29.2 Å². The number of fused-ring (bicyclic) bond motifs is 1. The molecule has 1 aliphatic rings. The number of nitrogens with zero attached hydrogens (tertiary/aromatic N) is 4. The van der Waals surface area contributed by atoms with Gasteiger partial charge >= 0.3 is 0 Å². The molecule has 3 heterocycles. The lowest BCUT2D eigenvalue weighted by molar-refractivity contribution is 0.375. The fraction of sp³-hybridized carbons (Fsp3) is 0.353. The molecule has 4 rings (SSSR count). The molecular weight excluding hydrogens is 292 g/mol. The average molecular weight is 312 g/mol. The van der Waals surface area contributed by atoms with E-state index in [4.69, 9.17) is 9.15 Å². The standard InChI is InChI=1S/C9H14O.C8H6N4O/c1-4-9(2,3)8-6-5-7-10-8;1-12-10-8(9-11-12)5-2-3-6-7(4-5)13-6/h5-7H,4H2,1-3H3;2-4H,1H3. The lowest BCUT2D eigenvalue weighted by Crippen LogP contribution is -2.13. The minimum Gasteiger partial charge on any atom is -0.469 e. The Morgan fingerprint density at radius 3 is 2.57 bits per heavy atom. The van der Waals surface area contributed by atoms with Crippen LogP contribution < -0.4 is 4.74 Å². The van der Waals surface area contributed by atoms with Gasteiger partial charge in [-0.1, -0.05) is 20.8 Å². The van der Waals surface area contributed by atoms with Gasteiger partial charge in [-0.3, -0.25) is 0 Å². The molecule has 0 fully saturated rings. The zero-order valence-electron chi connectivity index (χ0n) is 13.8. The number of hydrogen-bond donors (Lipinski definition) is 0. The van der Waals surface area contributed by atoms with Gasteiger partial charge in [-0.05, 0) is 42.0 Å². The molecule has 0 saturated carbocycles. The molecule has 0 bridgehead atoms. The predicted octanol–water partition coefficient (Wildman–Crippen LogP) is 3.95. The molecule has 0 aliphatic carbocycles. The Bertz CT molecular complexity index is 791. The van der Waals surface area contributed by atoms with Gasteiger partial charge in [0.2, 0.25) is 5.82 Å². The van der Waals surface area contributed by atoms with Gasteiger partial charge in [-0.25, -0.2) is 0 Å². The normalized spacial score (nSPS) is 12.0. The summed E-state index contributed by atoms with van der Waals surface area (Å²) in [7, 11) is 1.74. The van der Waals surface area contributed by atoms with Gasteiger partial charge in [0.1, 0.15) is 5.76 Å². The third-order valence-corrected chi connectivity index (χ3v) is 3.96. The van der Waals surface area contributed by atoms with Crippen LogP contribution in [-0.2, 0) is 12.5 Å². The van der Waals surface area contributed by atoms with Gasteiger partial charge in [-0.2, -0.15) is 4.80 Å². The highest BCUT2D eigenvalue weighted by atomic mass is 16.6. The number of aromatic nitrogens is 4. The molecule has 6 nitrogen and oxygen atoms in total. The largest absolute Gasteiger partial charge is 0.469 e. The maximum atomic E-state index is 5.29. The Balaban J connectivity index is 0.000000142. The van der Waals surface area contributed by atoms with Crippen LogP contribution in [0.4, 0.5) is 0 Å². The summed E-state index contributed by atoms with van der Waals surface area (Å²) in [5, 5.41) is 11.7. The van der Waals surface area contributed by atoms with E-state index in [9.17, 15) is 0 Å². The first kappa shape index (κ1) is 15.3. The fourth-order valence-corrected chi connectivity index (χ4v) is 2.04. The molecule has 0 amide bonds. The minimum atomic E-state index is 0.198. The van der Waals surface area contributed by atoms with Gasteiger partial charge in [0.15, 0.2) is 11.5 Å². The predicted molar refractivity (Wildman–Crippen MR) is 86.3 cm³/mol. The summed E-state index contributed by atoms with van der Waals surface area (Å²) >= 11 is 0. The summed E-state index contributed by atoms with van der Waals surface area (Å²) in [5.41, 5.74) is 1.13. The van der Waals surface area contributed by atoms with Crippen LogP contribution in [0.5, 0.6) is 11.5 Å². The zero-order valence-corrected chi connectivity index (χ0v) is 13.8. The van der Waals surface area contributed by atoms with Crippen molar-refractivity contribution in [2.24, 2.45) is 7.05 Å². The van der Waals surface area contributed by atoms with E-state index < -0.39 is 0 Å². The highest BCUT2D eigenvalue weighted by Gasteiger charge is 2.21. The van der Waals surface area contributed by atoms with E-state index in [0.29, 0.717) is 5.82 Å². The van der Waals surface area contributed by atoms with Crippen molar-refractivity contribution in [3.63, 3.8) is 0 Å². The summed E-state index contributed by atoms with van der Waals surface area (Å²) in [6, 6.07) is 9.70. The van der Waals surface area contributed by atoms with Crippen molar-refractivity contribution in [2.45, 2.75) is 32.6 Å². The average Bonchev–Trinajstić information content (AvgIpc) is 2.92. The van der Waals surface area contributed by atoms with E-state index in [1.54, 1.807) is 13.3 Å². The monoisotopic (exact) mass is 312 g/mol. The molecule has 1 aliphatic heterocycles. The summed E-state index contributed by atoms with van der Waals surface area (Å²) in [6.45, 7) is 6.54. The fourth-order valence-electron chi connectivity index (χ4n) is 2.04. The molecule has 0 saturated heterocycles. The Morgan fingerprint density at radius 1 is 1.17 bits per heavy atom. The molecule has 0 unspecified atom stereocenters. The van der Waals surface area contributed by atoms with Crippen LogP contribution in [0, 0.1) is 0 Å². The third kappa shape index (κ3) is 3.41. The number of hydrogen-bond acceptors (Lipinski definition) is 5. The molecule has 0 atom stereocenters. The Morgan fingerprint density at radius 2 is 2.00 bits per heavy atom. The van der Waals surface area contributed by atoms with Crippen LogP contribution in [-0.4, -0.2) is 20.2 Å².